The number of nitrogens with zero attached hydrogens (tertiary/aromatic N) is 1. The number of nitrogens with two attached hydrogens (primary N) is 1. The van der Waals surface area contributed by atoms with E-state index in [4.69, 9.17) is 15.1 Å². The van der Waals surface area contributed by atoms with Gasteiger partial charge in [-0.05, 0) is 25.5 Å². The van der Waals surface area contributed by atoms with Crippen molar-refractivity contribution in [1.29, 1.82) is 0 Å². The minimum Gasteiger partial charge on any atom is -0.454 e. The van der Waals surface area contributed by atoms with E-state index in [-0.39, 0.29) is 0 Å². The van der Waals surface area contributed by atoms with Crippen LogP contribution in [-0.4, -0.2) is 11.5 Å². The number of rotatable bonds is 5. The summed E-state index contributed by atoms with van der Waals surface area (Å²) in [5.74, 6) is 0.920. The molecule has 0 saturated carbocycles. The third kappa shape index (κ3) is 2.37. The first-order valence-corrected chi connectivity index (χ1v) is 7.86. The average Bonchev–Trinajstić information content (AvgIpc) is 3.08. The molecular formula is C16H18N2OS. The van der Waals surface area contributed by atoms with Crippen LogP contribution in [0.2, 0.25) is 0 Å². The standard InChI is InChI=1S/C16H18N2OS/c1-2-11-12-6-3-4-7-14(12)19-16(11)13-10-20-15(18-13)8-5-9-17/h3-4,6-7,10H,2,5,8-9,17H2,1H3. The Kier molecular flexibility index (Phi) is 3.85. The highest BCUT2D eigenvalue weighted by molar-refractivity contribution is 7.09. The third-order valence-electron chi connectivity index (χ3n) is 3.43. The molecule has 0 fully saturated rings. The first-order valence-electron chi connectivity index (χ1n) is 6.98. The van der Waals surface area contributed by atoms with Crippen LogP contribution < -0.4 is 5.73 Å². The van der Waals surface area contributed by atoms with Crippen LogP contribution >= 0.6 is 11.3 Å². The lowest BCUT2D eigenvalue weighted by Crippen LogP contribution is -1.99. The lowest BCUT2D eigenvalue weighted by molar-refractivity contribution is 0.624. The average molecular weight is 286 g/mol. The van der Waals surface area contributed by atoms with Crippen molar-refractivity contribution in [2.75, 3.05) is 6.54 Å². The van der Waals surface area contributed by atoms with E-state index in [0.29, 0.717) is 6.54 Å². The summed E-state index contributed by atoms with van der Waals surface area (Å²) in [6.07, 6.45) is 2.87. The molecular weight excluding hydrogens is 268 g/mol. The Bertz CT molecular complexity index is 714. The molecule has 0 spiro atoms. The molecule has 0 unspecified atom stereocenters. The number of aryl methyl sites for hydroxylation is 2. The molecule has 0 amide bonds. The monoisotopic (exact) mass is 286 g/mol. The molecule has 20 heavy (non-hydrogen) atoms. The van der Waals surface area contributed by atoms with Gasteiger partial charge in [0, 0.05) is 22.8 Å². The van der Waals surface area contributed by atoms with Crippen LogP contribution in [-0.2, 0) is 12.8 Å². The van der Waals surface area contributed by atoms with E-state index in [0.717, 1.165) is 41.3 Å². The van der Waals surface area contributed by atoms with Crippen LogP contribution in [0.15, 0.2) is 34.1 Å². The van der Waals surface area contributed by atoms with Crippen LogP contribution in [0.25, 0.3) is 22.4 Å². The largest absolute Gasteiger partial charge is 0.454 e. The highest BCUT2D eigenvalue weighted by Gasteiger charge is 2.16. The Morgan fingerprint density at radius 1 is 1.30 bits per heavy atom. The quantitative estimate of drug-likeness (QED) is 0.771. The van der Waals surface area contributed by atoms with Gasteiger partial charge in [-0.15, -0.1) is 11.3 Å². The van der Waals surface area contributed by atoms with Gasteiger partial charge in [0.25, 0.3) is 0 Å². The number of furan rings is 1. The van der Waals surface area contributed by atoms with Gasteiger partial charge in [0.2, 0.25) is 0 Å². The fourth-order valence-electron chi connectivity index (χ4n) is 2.44. The lowest BCUT2D eigenvalue weighted by Gasteiger charge is -1.96. The van der Waals surface area contributed by atoms with E-state index < -0.39 is 0 Å². The molecule has 3 nitrogen and oxygen atoms in total. The topological polar surface area (TPSA) is 52.0 Å². The highest BCUT2D eigenvalue weighted by Crippen LogP contribution is 2.34. The number of hydrogen-bond acceptors (Lipinski definition) is 4. The van der Waals surface area contributed by atoms with Gasteiger partial charge in [0.15, 0.2) is 5.76 Å². The summed E-state index contributed by atoms with van der Waals surface area (Å²) in [5, 5.41) is 4.41. The van der Waals surface area contributed by atoms with Crippen molar-refractivity contribution in [2.24, 2.45) is 5.73 Å². The Morgan fingerprint density at radius 3 is 2.95 bits per heavy atom. The van der Waals surface area contributed by atoms with E-state index in [2.05, 4.69) is 24.4 Å². The van der Waals surface area contributed by atoms with Crippen LogP contribution in [0.1, 0.15) is 23.9 Å². The Hall–Kier alpha value is -1.65. The zero-order valence-electron chi connectivity index (χ0n) is 11.6. The van der Waals surface area contributed by atoms with Crippen molar-refractivity contribution >= 4 is 22.3 Å². The molecule has 0 radical (unpaired) electrons. The predicted molar refractivity (Wildman–Crippen MR) is 84.1 cm³/mol. The molecule has 0 atom stereocenters. The first-order chi connectivity index (χ1) is 9.83. The maximum atomic E-state index is 6.01. The van der Waals surface area contributed by atoms with Crippen LogP contribution in [0.5, 0.6) is 0 Å². The molecule has 2 heterocycles. The molecule has 0 aliphatic rings. The van der Waals surface area contributed by atoms with Gasteiger partial charge in [-0.25, -0.2) is 4.98 Å². The van der Waals surface area contributed by atoms with E-state index in [1.807, 2.05) is 12.1 Å². The summed E-state index contributed by atoms with van der Waals surface area (Å²) >= 11 is 1.69. The zero-order chi connectivity index (χ0) is 13.9. The van der Waals surface area contributed by atoms with Crippen molar-refractivity contribution in [3.05, 3.63) is 40.2 Å². The first kappa shape index (κ1) is 13.3. The van der Waals surface area contributed by atoms with E-state index in [9.17, 15) is 0 Å². The summed E-state index contributed by atoms with van der Waals surface area (Å²) < 4.78 is 6.01. The molecule has 1 aromatic carbocycles. The van der Waals surface area contributed by atoms with Gasteiger partial charge >= 0.3 is 0 Å². The maximum Gasteiger partial charge on any atom is 0.157 e. The molecule has 0 aliphatic carbocycles. The number of hydrogen-bond donors (Lipinski definition) is 1. The van der Waals surface area contributed by atoms with Crippen LogP contribution in [0.4, 0.5) is 0 Å². The van der Waals surface area contributed by atoms with Crippen molar-refractivity contribution in [3.8, 4) is 11.5 Å². The highest BCUT2D eigenvalue weighted by atomic mass is 32.1. The summed E-state index contributed by atoms with van der Waals surface area (Å²) in [5.41, 5.74) is 8.69. The van der Waals surface area contributed by atoms with E-state index >= 15 is 0 Å². The van der Waals surface area contributed by atoms with Crippen molar-refractivity contribution in [3.63, 3.8) is 0 Å². The lowest BCUT2D eigenvalue weighted by atomic mass is 10.1. The summed E-state index contributed by atoms with van der Waals surface area (Å²) in [6.45, 7) is 2.86. The van der Waals surface area contributed by atoms with Gasteiger partial charge in [-0.1, -0.05) is 25.1 Å². The Balaban J connectivity index is 2.02. The van der Waals surface area contributed by atoms with Gasteiger partial charge in [-0.2, -0.15) is 0 Å². The minimum absolute atomic E-state index is 0.708. The molecule has 0 saturated heterocycles. The fourth-order valence-corrected chi connectivity index (χ4v) is 3.26. The van der Waals surface area contributed by atoms with Crippen molar-refractivity contribution < 1.29 is 4.42 Å². The molecule has 3 aromatic rings. The Morgan fingerprint density at radius 2 is 2.15 bits per heavy atom. The summed E-state index contributed by atoms with van der Waals surface area (Å²) in [7, 11) is 0. The fraction of sp³-hybridized carbons (Fsp3) is 0.312. The second kappa shape index (κ2) is 5.77. The predicted octanol–water partition coefficient (Wildman–Crippen LogP) is 4.01. The number of benzene rings is 1. The summed E-state index contributed by atoms with van der Waals surface area (Å²) in [6, 6.07) is 8.18. The van der Waals surface area contributed by atoms with Gasteiger partial charge < -0.3 is 10.2 Å². The van der Waals surface area contributed by atoms with Gasteiger partial charge in [0.05, 0.1) is 5.01 Å². The molecule has 0 bridgehead atoms. The van der Waals surface area contributed by atoms with Crippen molar-refractivity contribution in [1.82, 2.24) is 4.98 Å². The van der Waals surface area contributed by atoms with E-state index in [1.54, 1.807) is 11.3 Å². The normalized spacial score (nSPS) is 11.3. The molecule has 3 rings (SSSR count). The van der Waals surface area contributed by atoms with Gasteiger partial charge in [0.1, 0.15) is 11.3 Å². The van der Waals surface area contributed by atoms with Crippen molar-refractivity contribution in [2.45, 2.75) is 26.2 Å². The second-order valence-electron chi connectivity index (χ2n) is 4.78. The van der Waals surface area contributed by atoms with Crippen LogP contribution in [0, 0.1) is 0 Å². The molecule has 2 N–H and O–H groups in total. The molecule has 104 valence electrons. The zero-order valence-corrected chi connectivity index (χ0v) is 12.4. The molecule has 2 aromatic heterocycles. The molecule has 4 heteroatoms. The Labute approximate surface area is 122 Å². The second-order valence-corrected chi connectivity index (χ2v) is 5.72. The maximum absolute atomic E-state index is 6.01. The SMILES string of the molecule is CCc1c(-c2csc(CCCN)n2)oc2ccccc12. The minimum atomic E-state index is 0.708. The number of para-hydroxylation sites is 1. The smallest absolute Gasteiger partial charge is 0.157 e. The molecule has 0 aliphatic heterocycles. The van der Waals surface area contributed by atoms with E-state index in [1.165, 1.54) is 10.9 Å². The number of fused-ring (bicyclic) bond motifs is 1. The van der Waals surface area contributed by atoms with Crippen LogP contribution in [0.3, 0.4) is 0 Å². The number of aromatic nitrogens is 1. The number of thiazole rings is 1. The van der Waals surface area contributed by atoms with Gasteiger partial charge in [-0.3, -0.25) is 0 Å². The summed E-state index contributed by atoms with van der Waals surface area (Å²) in [4.78, 5) is 4.69. The third-order valence-corrected chi connectivity index (χ3v) is 4.34.